The van der Waals surface area contributed by atoms with Gasteiger partial charge in [0.1, 0.15) is 12.4 Å². The molecule has 1 saturated carbocycles. The number of hydrogen-bond donors (Lipinski definition) is 1. The van der Waals surface area contributed by atoms with Crippen molar-refractivity contribution in [2.45, 2.75) is 51.3 Å². The summed E-state index contributed by atoms with van der Waals surface area (Å²) >= 11 is 3.61. The van der Waals surface area contributed by atoms with Crippen molar-refractivity contribution >= 4 is 40.7 Å². The summed E-state index contributed by atoms with van der Waals surface area (Å²) in [5, 5.41) is 4.75. The lowest BCUT2D eigenvalue weighted by atomic mass is 10.3. The van der Waals surface area contributed by atoms with E-state index < -0.39 is 8.07 Å². The molecule has 0 spiro atoms. The second-order valence-corrected chi connectivity index (χ2v) is 13.7. The molecule has 0 amide bonds. The monoisotopic (exact) mass is 381 g/mol. The van der Waals surface area contributed by atoms with Crippen molar-refractivity contribution in [2.75, 3.05) is 11.9 Å². The molecule has 0 unspecified atom stereocenters. The van der Waals surface area contributed by atoms with Gasteiger partial charge in [-0.05, 0) is 40.9 Å². The van der Waals surface area contributed by atoms with Gasteiger partial charge in [-0.2, -0.15) is 0 Å². The lowest BCUT2D eigenvalue weighted by molar-refractivity contribution is 0.0899. The topological polar surface area (TPSA) is 39.1 Å². The van der Waals surface area contributed by atoms with E-state index in [1.165, 1.54) is 18.9 Å². The van der Waals surface area contributed by atoms with Gasteiger partial charge in [0.05, 0.1) is 10.2 Å². The molecule has 1 aliphatic rings. The van der Waals surface area contributed by atoms with Gasteiger partial charge >= 0.3 is 0 Å². The van der Waals surface area contributed by atoms with E-state index in [0.717, 1.165) is 27.8 Å². The smallest absolute Gasteiger partial charge is 0.143 e. The maximum atomic E-state index is 5.85. The first-order chi connectivity index (χ1) is 10.4. The normalized spacial score (nSPS) is 15.5. The molecule has 120 valence electrons. The minimum atomic E-state index is -1.03. The fourth-order valence-corrected chi connectivity index (χ4v) is 3.53. The van der Waals surface area contributed by atoms with Crippen LogP contribution in [0.4, 0.5) is 5.69 Å². The van der Waals surface area contributed by atoms with Crippen LogP contribution < -0.4 is 5.32 Å². The average molecular weight is 382 g/mol. The Balaban J connectivity index is 1.71. The van der Waals surface area contributed by atoms with E-state index in [4.69, 9.17) is 4.74 Å². The van der Waals surface area contributed by atoms with E-state index in [1.54, 1.807) is 0 Å². The zero-order valence-electron chi connectivity index (χ0n) is 13.5. The highest BCUT2D eigenvalue weighted by molar-refractivity contribution is 9.10. The number of nitrogens with one attached hydrogen (secondary N) is 1. The molecule has 0 bridgehead atoms. The summed E-state index contributed by atoms with van der Waals surface area (Å²) < 4.78 is 8.97. The third-order valence-corrected chi connectivity index (χ3v) is 6.20. The number of aromatic nitrogens is 2. The van der Waals surface area contributed by atoms with Crippen LogP contribution in [-0.2, 0) is 11.5 Å². The molecule has 0 aliphatic heterocycles. The summed E-state index contributed by atoms with van der Waals surface area (Å²) in [6.45, 7) is 8.52. The fraction of sp³-hybridized carbons (Fsp3) is 0.562. The molecule has 2 aromatic rings. The van der Waals surface area contributed by atoms with E-state index in [2.05, 4.69) is 62.7 Å². The largest absolute Gasteiger partial charge is 0.381 e. The summed E-state index contributed by atoms with van der Waals surface area (Å²) in [5.74, 6) is 0. The van der Waals surface area contributed by atoms with Gasteiger partial charge < -0.3 is 14.6 Å². The Morgan fingerprint density at radius 1 is 1.41 bits per heavy atom. The molecule has 0 aromatic carbocycles. The van der Waals surface area contributed by atoms with E-state index in [1.807, 2.05) is 6.20 Å². The van der Waals surface area contributed by atoms with Gasteiger partial charge in [-0.3, -0.25) is 0 Å². The van der Waals surface area contributed by atoms with Crippen molar-refractivity contribution in [1.29, 1.82) is 0 Å². The summed E-state index contributed by atoms with van der Waals surface area (Å²) in [5.41, 5.74) is 2.15. The van der Waals surface area contributed by atoms with E-state index >= 15 is 0 Å². The first kappa shape index (κ1) is 16.0. The second-order valence-electron chi connectivity index (χ2n) is 7.27. The highest BCUT2D eigenvalue weighted by Gasteiger charge is 2.23. The van der Waals surface area contributed by atoms with Gasteiger partial charge in [-0.25, -0.2) is 4.98 Å². The molecular formula is C16H24BrN3OSi. The number of hydrogen-bond acceptors (Lipinski definition) is 3. The molecule has 3 rings (SSSR count). The van der Waals surface area contributed by atoms with E-state index in [9.17, 15) is 0 Å². The Morgan fingerprint density at radius 3 is 2.86 bits per heavy atom. The first-order valence-corrected chi connectivity index (χ1v) is 12.4. The molecule has 0 saturated heterocycles. The minimum Gasteiger partial charge on any atom is -0.381 e. The maximum absolute atomic E-state index is 5.85. The number of ether oxygens (including phenoxy) is 1. The van der Waals surface area contributed by atoms with Crippen LogP contribution in [0.1, 0.15) is 12.8 Å². The van der Waals surface area contributed by atoms with Crippen LogP contribution in [0.5, 0.6) is 0 Å². The maximum Gasteiger partial charge on any atom is 0.143 e. The molecule has 6 heteroatoms. The number of fused-ring (bicyclic) bond motifs is 1. The zero-order chi connectivity index (χ0) is 15.7. The van der Waals surface area contributed by atoms with Crippen LogP contribution in [0, 0.1) is 0 Å². The van der Waals surface area contributed by atoms with Gasteiger partial charge in [0.2, 0.25) is 0 Å². The molecule has 2 heterocycles. The van der Waals surface area contributed by atoms with Crippen LogP contribution in [0.25, 0.3) is 11.0 Å². The predicted octanol–water partition coefficient (Wildman–Crippen LogP) is 4.69. The highest BCUT2D eigenvalue weighted by Crippen LogP contribution is 2.34. The van der Waals surface area contributed by atoms with Crippen LogP contribution in [0.3, 0.4) is 0 Å². The Morgan fingerprint density at radius 2 is 2.18 bits per heavy atom. The van der Waals surface area contributed by atoms with Crippen molar-refractivity contribution in [2.24, 2.45) is 0 Å². The van der Waals surface area contributed by atoms with Crippen molar-refractivity contribution in [3.05, 3.63) is 22.9 Å². The third kappa shape index (κ3) is 3.91. The van der Waals surface area contributed by atoms with Crippen LogP contribution in [-0.4, -0.2) is 30.3 Å². The molecule has 0 radical (unpaired) electrons. The number of rotatable bonds is 7. The minimum absolute atomic E-state index is 0.575. The van der Waals surface area contributed by atoms with Crippen LogP contribution in [0.2, 0.25) is 25.7 Å². The van der Waals surface area contributed by atoms with E-state index in [-0.39, 0.29) is 0 Å². The molecular weight excluding hydrogens is 358 g/mol. The summed E-state index contributed by atoms with van der Waals surface area (Å²) in [7, 11) is -1.03. The van der Waals surface area contributed by atoms with Gasteiger partial charge in [0, 0.05) is 38.5 Å². The van der Waals surface area contributed by atoms with Crippen molar-refractivity contribution < 1.29 is 4.74 Å². The van der Waals surface area contributed by atoms with E-state index in [0.29, 0.717) is 12.8 Å². The fourth-order valence-electron chi connectivity index (χ4n) is 2.34. The average Bonchev–Trinajstić information content (AvgIpc) is 3.16. The molecule has 4 nitrogen and oxygen atoms in total. The van der Waals surface area contributed by atoms with Crippen LogP contribution >= 0.6 is 15.9 Å². The molecule has 1 fully saturated rings. The Kier molecular flexibility index (Phi) is 4.61. The number of halogens is 1. The Hall–Kier alpha value is -0.853. The first-order valence-electron chi connectivity index (χ1n) is 7.92. The van der Waals surface area contributed by atoms with Crippen molar-refractivity contribution in [3.8, 4) is 0 Å². The highest BCUT2D eigenvalue weighted by atomic mass is 79.9. The molecule has 22 heavy (non-hydrogen) atoms. The predicted molar refractivity (Wildman–Crippen MR) is 98.2 cm³/mol. The Labute approximate surface area is 141 Å². The summed E-state index contributed by atoms with van der Waals surface area (Å²) in [6.07, 6.45) is 6.47. The van der Waals surface area contributed by atoms with Gasteiger partial charge in [0.15, 0.2) is 0 Å². The van der Waals surface area contributed by atoms with Crippen LogP contribution in [0.15, 0.2) is 22.9 Å². The number of nitrogens with zero attached hydrogens (tertiary/aromatic N) is 2. The second kappa shape index (κ2) is 6.33. The van der Waals surface area contributed by atoms with Crippen molar-refractivity contribution in [1.82, 2.24) is 9.55 Å². The lowest BCUT2D eigenvalue weighted by Gasteiger charge is -2.15. The third-order valence-electron chi connectivity index (χ3n) is 3.90. The number of pyridine rings is 1. The lowest BCUT2D eigenvalue weighted by Crippen LogP contribution is -2.22. The molecule has 2 aromatic heterocycles. The number of anilines is 1. The summed E-state index contributed by atoms with van der Waals surface area (Å²) in [4.78, 5) is 4.56. The molecule has 1 aliphatic carbocycles. The summed E-state index contributed by atoms with van der Waals surface area (Å²) in [6, 6.07) is 3.94. The zero-order valence-corrected chi connectivity index (χ0v) is 16.1. The van der Waals surface area contributed by atoms with Gasteiger partial charge in [0.25, 0.3) is 0 Å². The Bertz CT molecular complexity index is 661. The van der Waals surface area contributed by atoms with Gasteiger partial charge in [-0.1, -0.05) is 19.6 Å². The van der Waals surface area contributed by atoms with Gasteiger partial charge in [-0.15, -0.1) is 0 Å². The molecule has 1 N–H and O–H groups in total. The van der Waals surface area contributed by atoms with Crippen molar-refractivity contribution in [3.63, 3.8) is 0 Å². The molecule has 0 atom stereocenters. The standard InChI is InChI=1S/C16H24BrN3OSi/c1-22(2,3)9-8-21-11-20-7-6-13-15(19-12-4-5-12)14(17)10-18-16(13)20/h6-7,10,12H,4-5,8-9,11H2,1-3H3,(H,18,19). The SMILES string of the molecule is C[Si](C)(C)CCOCn1ccc2c(NC3CC3)c(Br)cnc21. The quantitative estimate of drug-likeness (QED) is 0.558.